The van der Waals surface area contributed by atoms with E-state index in [2.05, 4.69) is 49.0 Å². The highest BCUT2D eigenvalue weighted by Gasteiger charge is 2.59. The van der Waals surface area contributed by atoms with Crippen molar-refractivity contribution in [3.05, 3.63) is 35.7 Å². The van der Waals surface area contributed by atoms with Gasteiger partial charge in [-0.2, -0.15) is 0 Å². The normalized spacial score (nSPS) is 40.1. The summed E-state index contributed by atoms with van der Waals surface area (Å²) in [7, 11) is 1.53. The van der Waals surface area contributed by atoms with Crippen molar-refractivity contribution in [2.45, 2.75) is 71.8 Å². The molecular formula is C26H36N2O2. The quantitative estimate of drug-likeness (QED) is 0.585. The average molecular weight is 409 g/mol. The number of aryl methyl sites for hydroxylation is 1. The molecule has 0 spiro atoms. The number of carbonyl (C=O) groups is 1. The fourth-order valence-electron chi connectivity index (χ4n) is 8.14. The molecule has 4 aliphatic rings. The lowest BCUT2D eigenvalue weighted by molar-refractivity contribution is -0.109. The van der Waals surface area contributed by atoms with E-state index in [9.17, 15) is 4.79 Å². The second-order valence-electron chi connectivity index (χ2n) is 10.8. The van der Waals surface area contributed by atoms with Crippen LogP contribution in [0.2, 0.25) is 0 Å². The number of nitrogens with zero attached hydrogens (tertiary/aromatic N) is 2. The summed E-state index contributed by atoms with van der Waals surface area (Å²) in [5.41, 5.74) is 4.59. The van der Waals surface area contributed by atoms with Gasteiger partial charge in [-0.05, 0) is 103 Å². The molecule has 1 amide bonds. The van der Waals surface area contributed by atoms with E-state index < -0.39 is 0 Å². The summed E-state index contributed by atoms with van der Waals surface area (Å²) < 4.78 is 5.15. The van der Waals surface area contributed by atoms with E-state index in [1.54, 1.807) is 0 Å². The third kappa shape index (κ3) is 2.78. The number of hydrogen-bond acceptors (Lipinski definition) is 3. The molecule has 0 N–H and O–H groups in total. The van der Waals surface area contributed by atoms with E-state index in [0.29, 0.717) is 12.0 Å². The van der Waals surface area contributed by atoms with Gasteiger partial charge in [0, 0.05) is 25.0 Å². The molecule has 30 heavy (non-hydrogen) atoms. The Labute approximate surface area is 181 Å². The fraction of sp³-hybridized carbons (Fsp3) is 0.692. The number of amides is 1. The molecule has 0 bridgehead atoms. The van der Waals surface area contributed by atoms with Gasteiger partial charge < -0.3 is 9.64 Å². The molecular weight excluding hydrogens is 372 g/mol. The Balaban J connectivity index is 1.43. The largest absolute Gasteiger partial charge is 0.453 e. The molecule has 4 heteroatoms. The SMILES string of the molecule is COC(=O)N1CCC[C@]2(C)C3CC[C@]4(C)C(c5cncc(C)c5)=CC[C@H]4[C@@H]3CCC12. The average Bonchev–Trinajstić information content (AvgIpc) is 3.09. The van der Waals surface area contributed by atoms with Crippen LogP contribution in [0.3, 0.4) is 0 Å². The molecule has 1 aliphatic heterocycles. The molecule has 2 heterocycles. The standard InChI is InChI=1S/C26H36N2O2/c1-17-14-18(16-27-15-17)20-7-8-21-19-6-9-23-26(3,22(19)10-12-25(20,21)2)11-5-13-28(23)24(29)30-4/h7,14-16,19,21-23H,5-6,8-13H2,1-4H3/t19-,21-,22?,23?,25+,26+/m0/s1. The van der Waals surface area contributed by atoms with Gasteiger partial charge in [-0.1, -0.05) is 19.9 Å². The minimum atomic E-state index is -0.123. The zero-order valence-corrected chi connectivity index (χ0v) is 19.0. The Kier molecular flexibility index (Phi) is 4.75. The fourth-order valence-corrected chi connectivity index (χ4v) is 8.14. The maximum absolute atomic E-state index is 12.5. The van der Waals surface area contributed by atoms with Crippen LogP contribution in [0.15, 0.2) is 24.5 Å². The van der Waals surface area contributed by atoms with Gasteiger partial charge in [0.25, 0.3) is 0 Å². The summed E-state index contributed by atoms with van der Waals surface area (Å²) in [6.45, 7) is 8.00. The van der Waals surface area contributed by atoms with E-state index in [4.69, 9.17) is 4.74 Å². The molecule has 1 aromatic rings. The lowest BCUT2D eigenvalue weighted by atomic mass is 9.46. The number of hydrogen-bond donors (Lipinski definition) is 0. The van der Waals surface area contributed by atoms with Crippen LogP contribution < -0.4 is 0 Å². The first-order valence-electron chi connectivity index (χ1n) is 11.9. The number of carbonyl (C=O) groups excluding carboxylic acids is 1. The summed E-state index contributed by atoms with van der Waals surface area (Å²) >= 11 is 0. The topological polar surface area (TPSA) is 42.4 Å². The maximum atomic E-state index is 12.5. The zero-order valence-electron chi connectivity index (χ0n) is 19.0. The molecule has 4 nitrogen and oxygen atoms in total. The number of likely N-dealkylation sites (tertiary alicyclic amines) is 1. The van der Waals surface area contributed by atoms with Crippen LogP contribution in [0.1, 0.15) is 69.9 Å². The molecule has 1 saturated heterocycles. The number of allylic oxidation sites excluding steroid dienone is 2. The zero-order chi connectivity index (χ0) is 21.1. The summed E-state index contributed by atoms with van der Waals surface area (Å²) in [5, 5.41) is 0. The van der Waals surface area contributed by atoms with Gasteiger partial charge in [0.15, 0.2) is 0 Å². The summed E-state index contributed by atoms with van der Waals surface area (Å²) in [6.07, 6.45) is 14.9. The molecule has 3 aliphatic carbocycles. The van der Waals surface area contributed by atoms with Gasteiger partial charge in [-0.3, -0.25) is 4.98 Å². The van der Waals surface area contributed by atoms with E-state index in [0.717, 1.165) is 31.2 Å². The molecule has 162 valence electrons. The number of methoxy groups -OCH3 is 1. The van der Waals surface area contributed by atoms with E-state index in [1.807, 2.05) is 6.20 Å². The minimum Gasteiger partial charge on any atom is -0.453 e. The molecule has 0 aromatic carbocycles. The second-order valence-corrected chi connectivity index (χ2v) is 10.8. The Morgan fingerprint density at radius 2 is 2.00 bits per heavy atom. The van der Waals surface area contributed by atoms with E-state index in [1.165, 1.54) is 55.9 Å². The predicted octanol–water partition coefficient (Wildman–Crippen LogP) is 5.86. The number of piperidine rings is 1. The molecule has 5 rings (SSSR count). The highest BCUT2D eigenvalue weighted by atomic mass is 16.5. The first-order valence-corrected chi connectivity index (χ1v) is 11.9. The van der Waals surface area contributed by atoms with Crippen molar-refractivity contribution >= 4 is 11.7 Å². The Bertz CT molecular complexity index is 880. The number of aromatic nitrogens is 1. The summed E-state index contributed by atoms with van der Waals surface area (Å²) in [5.74, 6) is 2.19. The molecule has 0 radical (unpaired) electrons. The summed E-state index contributed by atoms with van der Waals surface area (Å²) in [6, 6.07) is 2.66. The van der Waals surface area contributed by atoms with E-state index >= 15 is 0 Å². The highest BCUT2D eigenvalue weighted by Crippen LogP contribution is 2.66. The third-order valence-corrected chi connectivity index (χ3v) is 9.49. The second kappa shape index (κ2) is 7.10. The molecule has 2 unspecified atom stereocenters. The molecule has 6 atom stereocenters. The van der Waals surface area contributed by atoms with Crippen LogP contribution in [-0.2, 0) is 4.74 Å². The van der Waals surface area contributed by atoms with Crippen molar-refractivity contribution in [2.24, 2.45) is 28.6 Å². The van der Waals surface area contributed by atoms with Crippen molar-refractivity contribution in [2.75, 3.05) is 13.7 Å². The Morgan fingerprint density at radius 1 is 1.17 bits per heavy atom. The first kappa shape index (κ1) is 20.1. The smallest absolute Gasteiger partial charge is 0.409 e. The van der Waals surface area contributed by atoms with Gasteiger partial charge in [0.05, 0.1) is 7.11 Å². The lowest BCUT2D eigenvalue weighted by Gasteiger charge is -2.62. The van der Waals surface area contributed by atoms with Gasteiger partial charge in [-0.15, -0.1) is 0 Å². The van der Waals surface area contributed by atoms with Crippen molar-refractivity contribution < 1.29 is 9.53 Å². The van der Waals surface area contributed by atoms with Gasteiger partial charge in [-0.25, -0.2) is 4.79 Å². The van der Waals surface area contributed by atoms with Crippen molar-refractivity contribution in [1.29, 1.82) is 0 Å². The van der Waals surface area contributed by atoms with Gasteiger partial charge >= 0.3 is 6.09 Å². The van der Waals surface area contributed by atoms with Crippen LogP contribution in [0, 0.1) is 35.5 Å². The van der Waals surface area contributed by atoms with Crippen LogP contribution in [-0.4, -0.2) is 35.7 Å². The minimum absolute atomic E-state index is 0.123. The Morgan fingerprint density at radius 3 is 2.77 bits per heavy atom. The molecule has 3 fully saturated rings. The van der Waals surface area contributed by atoms with Crippen molar-refractivity contribution in [1.82, 2.24) is 9.88 Å². The molecule has 2 saturated carbocycles. The van der Waals surface area contributed by atoms with Crippen molar-refractivity contribution in [3.63, 3.8) is 0 Å². The number of fused-ring (bicyclic) bond motifs is 5. The maximum Gasteiger partial charge on any atom is 0.409 e. The van der Waals surface area contributed by atoms with Gasteiger partial charge in [0.1, 0.15) is 0 Å². The lowest BCUT2D eigenvalue weighted by Crippen LogP contribution is -2.61. The summed E-state index contributed by atoms with van der Waals surface area (Å²) in [4.78, 5) is 19.0. The Hall–Kier alpha value is -1.84. The van der Waals surface area contributed by atoms with E-state index in [-0.39, 0.29) is 16.9 Å². The number of pyridine rings is 1. The van der Waals surface area contributed by atoms with Gasteiger partial charge in [0.2, 0.25) is 0 Å². The van der Waals surface area contributed by atoms with Crippen LogP contribution >= 0.6 is 0 Å². The monoisotopic (exact) mass is 408 g/mol. The van der Waals surface area contributed by atoms with Crippen LogP contribution in [0.5, 0.6) is 0 Å². The van der Waals surface area contributed by atoms with Crippen LogP contribution in [0.4, 0.5) is 4.79 Å². The molecule has 1 aromatic heterocycles. The highest BCUT2D eigenvalue weighted by molar-refractivity contribution is 5.73. The number of rotatable bonds is 1. The van der Waals surface area contributed by atoms with Crippen molar-refractivity contribution in [3.8, 4) is 0 Å². The first-order chi connectivity index (χ1) is 14.4. The number of ether oxygens (including phenoxy) is 1. The van der Waals surface area contributed by atoms with Crippen LogP contribution in [0.25, 0.3) is 5.57 Å². The third-order valence-electron chi connectivity index (χ3n) is 9.49. The predicted molar refractivity (Wildman–Crippen MR) is 119 cm³/mol.